The van der Waals surface area contributed by atoms with E-state index in [9.17, 15) is 4.79 Å². The molecule has 1 aliphatic rings. The van der Waals surface area contributed by atoms with E-state index >= 15 is 0 Å². The molecule has 2 nitrogen and oxygen atoms in total. The van der Waals surface area contributed by atoms with Gasteiger partial charge in [0.25, 0.3) is 0 Å². The van der Waals surface area contributed by atoms with Crippen molar-refractivity contribution in [2.45, 2.75) is 32.2 Å². The molecule has 1 saturated heterocycles. The number of likely N-dealkylation sites (tertiary alicyclic amines) is 1. The molecular weight excluding hydrogens is 270 g/mol. The van der Waals surface area contributed by atoms with E-state index in [0.717, 1.165) is 36.3 Å². The van der Waals surface area contributed by atoms with Crippen LogP contribution in [0, 0.1) is 0 Å². The van der Waals surface area contributed by atoms with Gasteiger partial charge in [-0.05, 0) is 31.5 Å². The molecule has 1 fully saturated rings. The highest BCUT2D eigenvalue weighted by atomic mass is 16.1. The molecule has 0 amide bonds. The molecule has 0 unspecified atom stereocenters. The van der Waals surface area contributed by atoms with Gasteiger partial charge in [-0.3, -0.25) is 9.69 Å². The van der Waals surface area contributed by atoms with Crippen LogP contribution in [0.5, 0.6) is 0 Å². The van der Waals surface area contributed by atoms with Gasteiger partial charge in [0.1, 0.15) is 0 Å². The zero-order valence-electron chi connectivity index (χ0n) is 13.0. The Balaban J connectivity index is 1.82. The van der Waals surface area contributed by atoms with Crippen LogP contribution in [0.15, 0.2) is 54.6 Å². The summed E-state index contributed by atoms with van der Waals surface area (Å²) in [6.07, 6.45) is 5.21. The minimum absolute atomic E-state index is 0.131. The Bertz CT molecular complexity index is 613. The van der Waals surface area contributed by atoms with E-state index in [0.29, 0.717) is 0 Å². The summed E-state index contributed by atoms with van der Waals surface area (Å²) in [7, 11) is 0. The number of rotatable bonds is 4. The Hall–Kier alpha value is -1.93. The number of hydrogen-bond acceptors (Lipinski definition) is 2. The van der Waals surface area contributed by atoms with Gasteiger partial charge < -0.3 is 0 Å². The van der Waals surface area contributed by atoms with Crippen molar-refractivity contribution >= 4 is 5.78 Å². The van der Waals surface area contributed by atoms with Crippen LogP contribution < -0.4 is 0 Å². The van der Waals surface area contributed by atoms with E-state index in [2.05, 4.69) is 11.0 Å². The van der Waals surface area contributed by atoms with Gasteiger partial charge in [-0.25, -0.2) is 0 Å². The Morgan fingerprint density at radius 3 is 2.18 bits per heavy atom. The standard InChI is InChI=1S/C20H23NO/c22-20(17-10-4-3-5-11-17)19-13-7-6-12-18(19)16-21-14-8-1-2-9-15-21/h3-7,10-13H,1-2,8-9,14-16H2. The fraction of sp³-hybridized carbons (Fsp3) is 0.350. The van der Waals surface area contributed by atoms with Crippen LogP contribution in [0.2, 0.25) is 0 Å². The fourth-order valence-electron chi connectivity index (χ4n) is 3.16. The van der Waals surface area contributed by atoms with Crippen LogP contribution >= 0.6 is 0 Å². The average molecular weight is 293 g/mol. The molecule has 0 spiro atoms. The van der Waals surface area contributed by atoms with E-state index < -0.39 is 0 Å². The van der Waals surface area contributed by atoms with Crippen molar-refractivity contribution in [2.75, 3.05) is 13.1 Å². The molecule has 1 aliphatic heterocycles. The van der Waals surface area contributed by atoms with E-state index in [4.69, 9.17) is 0 Å². The number of hydrogen-bond donors (Lipinski definition) is 0. The molecule has 2 heteroatoms. The van der Waals surface area contributed by atoms with Gasteiger partial charge in [0.05, 0.1) is 0 Å². The van der Waals surface area contributed by atoms with Gasteiger partial charge in [0, 0.05) is 17.7 Å². The molecule has 0 N–H and O–H groups in total. The van der Waals surface area contributed by atoms with Gasteiger partial charge in [0.2, 0.25) is 0 Å². The Morgan fingerprint density at radius 1 is 0.818 bits per heavy atom. The second-order valence-corrected chi connectivity index (χ2v) is 6.04. The normalized spacial score (nSPS) is 16.2. The summed E-state index contributed by atoms with van der Waals surface area (Å²) >= 11 is 0. The lowest BCUT2D eigenvalue weighted by molar-refractivity contribution is 0.103. The van der Waals surface area contributed by atoms with Crippen molar-refractivity contribution in [1.82, 2.24) is 4.90 Å². The topological polar surface area (TPSA) is 20.3 Å². The predicted molar refractivity (Wildman–Crippen MR) is 90.1 cm³/mol. The van der Waals surface area contributed by atoms with Crippen molar-refractivity contribution in [3.05, 3.63) is 71.3 Å². The molecule has 2 aromatic rings. The second-order valence-electron chi connectivity index (χ2n) is 6.04. The molecule has 114 valence electrons. The third kappa shape index (κ3) is 3.63. The van der Waals surface area contributed by atoms with E-state index in [1.807, 2.05) is 48.5 Å². The first kappa shape index (κ1) is 15.0. The average Bonchev–Trinajstić information content (AvgIpc) is 2.84. The third-order valence-electron chi connectivity index (χ3n) is 4.39. The molecule has 0 atom stereocenters. The number of nitrogens with zero attached hydrogens (tertiary/aromatic N) is 1. The highest BCUT2D eigenvalue weighted by Crippen LogP contribution is 2.19. The second kappa shape index (κ2) is 7.37. The minimum atomic E-state index is 0.131. The third-order valence-corrected chi connectivity index (χ3v) is 4.39. The molecule has 2 aromatic carbocycles. The quantitative estimate of drug-likeness (QED) is 0.784. The van der Waals surface area contributed by atoms with Crippen LogP contribution in [0.3, 0.4) is 0 Å². The van der Waals surface area contributed by atoms with Crippen molar-refractivity contribution in [2.24, 2.45) is 0 Å². The lowest BCUT2D eigenvalue weighted by Crippen LogP contribution is -2.25. The molecule has 3 rings (SSSR count). The maximum atomic E-state index is 12.8. The summed E-state index contributed by atoms with van der Waals surface area (Å²) in [5.41, 5.74) is 2.77. The minimum Gasteiger partial charge on any atom is -0.299 e. The fourth-order valence-corrected chi connectivity index (χ4v) is 3.16. The van der Waals surface area contributed by atoms with Crippen molar-refractivity contribution < 1.29 is 4.79 Å². The van der Waals surface area contributed by atoms with E-state index in [1.54, 1.807) is 0 Å². The summed E-state index contributed by atoms with van der Waals surface area (Å²) < 4.78 is 0. The van der Waals surface area contributed by atoms with E-state index in [-0.39, 0.29) is 5.78 Å². The van der Waals surface area contributed by atoms with E-state index in [1.165, 1.54) is 25.7 Å². The highest BCUT2D eigenvalue weighted by molar-refractivity contribution is 6.09. The molecule has 0 aliphatic carbocycles. The molecule has 1 heterocycles. The zero-order valence-corrected chi connectivity index (χ0v) is 13.0. The summed E-state index contributed by atoms with van der Waals surface area (Å²) in [4.78, 5) is 15.2. The Morgan fingerprint density at radius 2 is 1.45 bits per heavy atom. The van der Waals surface area contributed by atoms with Crippen LogP contribution in [-0.4, -0.2) is 23.8 Å². The van der Waals surface area contributed by atoms with Gasteiger partial charge in [-0.1, -0.05) is 67.4 Å². The SMILES string of the molecule is O=C(c1ccccc1)c1ccccc1CN1CCCCCC1. The zero-order chi connectivity index (χ0) is 15.2. The first-order valence-corrected chi connectivity index (χ1v) is 8.24. The lowest BCUT2D eigenvalue weighted by atomic mass is 9.98. The molecule has 0 radical (unpaired) electrons. The number of carbonyl (C=O) groups is 1. The maximum absolute atomic E-state index is 12.8. The summed E-state index contributed by atoms with van der Waals surface area (Å²) in [5.74, 6) is 0.131. The molecular formula is C20H23NO. The van der Waals surface area contributed by atoms with Crippen molar-refractivity contribution in [3.63, 3.8) is 0 Å². The number of ketones is 1. The summed E-state index contributed by atoms with van der Waals surface area (Å²) in [5, 5.41) is 0. The van der Waals surface area contributed by atoms with Gasteiger partial charge in [-0.2, -0.15) is 0 Å². The van der Waals surface area contributed by atoms with Crippen LogP contribution in [-0.2, 0) is 6.54 Å². The maximum Gasteiger partial charge on any atom is 0.193 e. The molecule has 0 aromatic heterocycles. The molecule has 0 saturated carbocycles. The van der Waals surface area contributed by atoms with Crippen LogP contribution in [0.4, 0.5) is 0 Å². The van der Waals surface area contributed by atoms with Crippen molar-refractivity contribution in [1.29, 1.82) is 0 Å². The highest BCUT2D eigenvalue weighted by Gasteiger charge is 2.16. The summed E-state index contributed by atoms with van der Waals surface area (Å²) in [6.45, 7) is 3.18. The Labute approximate surface area is 132 Å². The molecule has 0 bridgehead atoms. The van der Waals surface area contributed by atoms with Crippen molar-refractivity contribution in [3.8, 4) is 0 Å². The van der Waals surface area contributed by atoms with Gasteiger partial charge in [0.15, 0.2) is 5.78 Å². The monoisotopic (exact) mass is 293 g/mol. The van der Waals surface area contributed by atoms with Crippen LogP contribution in [0.1, 0.15) is 47.2 Å². The lowest BCUT2D eigenvalue weighted by Gasteiger charge is -2.21. The first-order valence-electron chi connectivity index (χ1n) is 8.24. The first-order chi connectivity index (χ1) is 10.8. The van der Waals surface area contributed by atoms with Gasteiger partial charge in [-0.15, -0.1) is 0 Å². The number of benzene rings is 2. The smallest absolute Gasteiger partial charge is 0.193 e. The Kier molecular flexibility index (Phi) is 5.02. The van der Waals surface area contributed by atoms with Crippen LogP contribution in [0.25, 0.3) is 0 Å². The van der Waals surface area contributed by atoms with Gasteiger partial charge >= 0.3 is 0 Å². The summed E-state index contributed by atoms with van der Waals surface area (Å²) in [6, 6.07) is 17.6. The largest absolute Gasteiger partial charge is 0.299 e. The predicted octanol–water partition coefficient (Wildman–Crippen LogP) is 4.29. The number of carbonyl (C=O) groups excluding carboxylic acids is 1. The molecule has 22 heavy (non-hydrogen) atoms.